The van der Waals surface area contributed by atoms with Gasteiger partial charge in [0.15, 0.2) is 11.0 Å². The molecule has 0 unspecified atom stereocenters. The van der Waals surface area contributed by atoms with E-state index < -0.39 is 0 Å². The van der Waals surface area contributed by atoms with Crippen LogP contribution in [0.4, 0.5) is 0 Å². The molecule has 0 radical (unpaired) electrons. The van der Waals surface area contributed by atoms with Crippen LogP contribution in [0.15, 0.2) is 83.1 Å². The van der Waals surface area contributed by atoms with Gasteiger partial charge in [-0.05, 0) is 19.1 Å². The lowest BCUT2D eigenvalue weighted by Gasteiger charge is -2.20. The summed E-state index contributed by atoms with van der Waals surface area (Å²) in [6.45, 7) is 9.89. The maximum Gasteiger partial charge on any atom is 0.258 e. The molecule has 136 valence electrons. The number of fused-ring (bicyclic) bond motifs is 1. The third kappa shape index (κ3) is 3.47. The summed E-state index contributed by atoms with van der Waals surface area (Å²) in [4.78, 5) is 27.5. The summed E-state index contributed by atoms with van der Waals surface area (Å²) in [5, 5.41) is 0.398. The molecule has 2 aromatic carbocycles. The first-order chi connectivity index (χ1) is 13.1. The smallest absolute Gasteiger partial charge is 0.258 e. The molecule has 4 nitrogen and oxygen atoms in total. The maximum absolute atomic E-state index is 13.1. The van der Waals surface area contributed by atoms with Gasteiger partial charge in [-0.1, -0.05) is 48.6 Å². The fourth-order valence-corrected chi connectivity index (χ4v) is 3.07. The second kappa shape index (κ2) is 7.87. The largest absolute Gasteiger partial charge is 0.455 e. The maximum atomic E-state index is 13.1. The number of carbonyl (C=O) groups is 1. The van der Waals surface area contributed by atoms with Crippen LogP contribution in [0.1, 0.15) is 15.9 Å². The standard InChI is InChI=1S/C23H21NO3/c1-4-14-24(15-5-2)23(26)19-13-9-12-18-20(25)16(3)21(27-22(18)19)17-10-7-6-8-11-17/h4-13H,1-2,14-15H2,3H3. The third-order valence-corrected chi connectivity index (χ3v) is 4.40. The summed E-state index contributed by atoms with van der Waals surface area (Å²) in [6.07, 6.45) is 3.31. The summed E-state index contributed by atoms with van der Waals surface area (Å²) in [5.74, 6) is 0.249. The zero-order valence-electron chi connectivity index (χ0n) is 15.3. The van der Waals surface area contributed by atoms with Crippen LogP contribution in [0.2, 0.25) is 0 Å². The van der Waals surface area contributed by atoms with Crippen molar-refractivity contribution in [2.75, 3.05) is 13.1 Å². The molecule has 0 bridgehead atoms. The van der Waals surface area contributed by atoms with E-state index in [-0.39, 0.29) is 11.3 Å². The number of amides is 1. The van der Waals surface area contributed by atoms with Crippen molar-refractivity contribution in [1.29, 1.82) is 0 Å². The summed E-state index contributed by atoms with van der Waals surface area (Å²) < 4.78 is 6.12. The predicted octanol–water partition coefficient (Wildman–Crippen LogP) is 4.58. The second-order valence-electron chi connectivity index (χ2n) is 6.22. The minimum absolute atomic E-state index is 0.135. The van der Waals surface area contributed by atoms with E-state index in [4.69, 9.17) is 4.42 Å². The van der Waals surface area contributed by atoms with Crippen LogP contribution >= 0.6 is 0 Å². The Morgan fingerprint density at radius 1 is 1.04 bits per heavy atom. The molecule has 0 fully saturated rings. The van der Waals surface area contributed by atoms with Crippen LogP contribution in [0.3, 0.4) is 0 Å². The Bertz CT molecular complexity index is 1050. The molecule has 0 atom stereocenters. The lowest BCUT2D eigenvalue weighted by molar-refractivity contribution is 0.0791. The van der Waals surface area contributed by atoms with Crippen molar-refractivity contribution in [3.05, 3.63) is 95.2 Å². The minimum atomic E-state index is -0.230. The van der Waals surface area contributed by atoms with Crippen LogP contribution in [0.25, 0.3) is 22.3 Å². The van der Waals surface area contributed by atoms with Crippen LogP contribution in [0, 0.1) is 6.92 Å². The van der Waals surface area contributed by atoms with E-state index in [1.807, 2.05) is 30.3 Å². The van der Waals surface area contributed by atoms with E-state index in [9.17, 15) is 9.59 Å². The highest BCUT2D eigenvalue weighted by molar-refractivity contribution is 6.05. The van der Waals surface area contributed by atoms with Gasteiger partial charge in [0.05, 0.1) is 10.9 Å². The Balaban J connectivity index is 2.25. The van der Waals surface area contributed by atoms with Crippen molar-refractivity contribution in [2.24, 2.45) is 0 Å². The highest BCUT2D eigenvalue weighted by Gasteiger charge is 2.21. The first-order valence-electron chi connectivity index (χ1n) is 8.71. The molecule has 0 saturated heterocycles. The molecule has 0 aliphatic heterocycles. The van der Waals surface area contributed by atoms with Crippen LogP contribution in [-0.4, -0.2) is 23.9 Å². The van der Waals surface area contributed by atoms with Crippen molar-refractivity contribution in [2.45, 2.75) is 6.92 Å². The first kappa shape index (κ1) is 18.4. The molecule has 1 aromatic heterocycles. The molecular formula is C23H21NO3. The Morgan fingerprint density at radius 3 is 2.33 bits per heavy atom. The van der Waals surface area contributed by atoms with Gasteiger partial charge in [0.2, 0.25) is 0 Å². The Morgan fingerprint density at radius 2 is 1.70 bits per heavy atom. The topological polar surface area (TPSA) is 50.5 Å². The number of para-hydroxylation sites is 1. The minimum Gasteiger partial charge on any atom is -0.455 e. The molecule has 27 heavy (non-hydrogen) atoms. The van der Waals surface area contributed by atoms with Gasteiger partial charge in [0, 0.05) is 24.2 Å². The van der Waals surface area contributed by atoms with Gasteiger partial charge in [-0.25, -0.2) is 0 Å². The number of benzene rings is 2. The number of carbonyl (C=O) groups excluding carboxylic acids is 1. The fraction of sp³-hybridized carbons (Fsp3) is 0.130. The highest BCUT2D eigenvalue weighted by atomic mass is 16.3. The Hall–Kier alpha value is -3.40. The van der Waals surface area contributed by atoms with Gasteiger partial charge < -0.3 is 9.32 Å². The van der Waals surface area contributed by atoms with Crippen molar-refractivity contribution in [1.82, 2.24) is 4.90 Å². The monoisotopic (exact) mass is 359 g/mol. The van der Waals surface area contributed by atoms with Gasteiger partial charge in [0.25, 0.3) is 5.91 Å². The molecule has 1 heterocycles. The molecule has 0 saturated carbocycles. The second-order valence-corrected chi connectivity index (χ2v) is 6.22. The average molecular weight is 359 g/mol. The molecular weight excluding hydrogens is 338 g/mol. The van der Waals surface area contributed by atoms with E-state index in [2.05, 4.69) is 13.2 Å². The number of nitrogens with zero attached hydrogens (tertiary/aromatic N) is 1. The summed E-state index contributed by atoms with van der Waals surface area (Å²) in [6, 6.07) is 14.5. The van der Waals surface area contributed by atoms with Gasteiger partial charge in [-0.3, -0.25) is 9.59 Å². The molecule has 4 heteroatoms. The normalized spacial score (nSPS) is 10.6. The molecule has 1 amide bonds. The third-order valence-electron chi connectivity index (χ3n) is 4.40. The number of hydrogen-bond acceptors (Lipinski definition) is 3. The van der Waals surface area contributed by atoms with Crippen LogP contribution in [-0.2, 0) is 0 Å². The van der Waals surface area contributed by atoms with E-state index in [0.717, 1.165) is 5.56 Å². The van der Waals surface area contributed by atoms with Gasteiger partial charge in [-0.2, -0.15) is 0 Å². The van der Waals surface area contributed by atoms with Crippen LogP contribution < -0.4 is 5.43 Å². The van der Waals surface area contributed by atoms with E-state index >= 15 is 0 Å². The summed E-state index contributed by atoms with van der Waals surface area (Å²) in [7, 11) is 0. The first-order valence-corrected chi connectivity index (χ1v) is 8.71. The lowest BCUT2D eigenvalue weighted by Crippen LogP contribution is -2.31. The highest BCUT2D eigenvalue weighted by Crippen LogP contribution is 2.27. The Labute approximate surface area is 158 Å². The zero-order valence-corrected chi connectivity index (χ0v) is 15.3. The summed E-state index contributed by atoms with van der Waals surface area (Å²) >= 11 is 0. The van der Waals surface area contributed by atoms with E-state index in [1.54, 1.807) is 42.2 Å². The van der Waals surface area contributed by atoms with E-state index in [0.29, 0.717) is 40.9 Å². The molecule has 0 aliphatic carbocycles. The molecule has 0 spiro atoms. The van der Waals surface area contributed by atoms with Crippen molar-refractivity contribution >= 4 is 16.9 Å². The molecule has 3 rings (SSSR count). The van der Waals surface area contributed by atoms with Crippen molar-refractivity contribution in [3.63, 3.8) is 0 Å². The fourth-order valence-electron chi connectivity index (χ4n) is 3.07. The summed E-state index contributed by atoms with van der Waals surface area (Å²) in [5.41, 5.74) is 1.84. The molecule has 3 aromatic rings. The van der Waals surface area contributed by atoms with Gasteiger partial charge in [-0.15, -0.1) is 13.2 Å². The zero-order chi connectivity index (χ0) is 19.4. The van der Waals surface area contributed by atoms with Crippen molar-refractivity contribution < 1.29 is 9.21 Å². The van der Waals surface area contributed by atoms with Gasteiger partial charge in [0.1, 0.15) is 5.76 Å². The van der Waals surface area contributed by atoms with Crippen molar-refractivity contribution in [3.8, 4) is 11.3 Å². The lowest BCUT2D eigenvalue weighted by atomic mass is 10.0. The van der Waals surface area contributed by atoms with Crippen LogP contribution in [0.5, 0.6) is 0 Å². The molecule has 0 N–H and O–H groups in total. The predicted molar refractivity (Wildman–Crippen MR) is 109 cm³/mol. The quantitative estimate of drug-likeness (QED) is 0.605. The average Bonchev–Trinajstić information content (AvgIpc) is 2.70. The van der Waals surface area contributed by atoms with E-state index in [1.165, 1.54) is 0 Å². The number of hydrogen-bond donors (Lipinski definition) is 0. The van der Waals surface area contributed by atoms with Gasteiger partial charge >= 0.3 is 0 Å². The number of rotatable bonds is 6. The Kier molecular flexibility index (Phi) is 5.36. The SMILES string of the molecule is C=CCN(CC=C)C(=O)c1cccc2c(=O)c(C)c(-c3ccccc3)oc12. The molecule has 0 aliphatic rings.